The van der Waals surface area contributed by atoms with Gasteiger partial charge < -0.3 is 19.7 Å². The molecule has 6 rings (SSSR count). The monoisotopic (exact) mass is 497 g/mol. The first-order valence-corrected chi connectivity index (χ1v) is 11.7. The number of aliphatic carboxylic acids is 1. The highest BCUT2D eigenvalue weighted by Crippen LogP contribution is 2.61. The average molecular weight is 497 g/mol. The van der Waals surface area contributed by atoms with Crippen LogP contribution in [0.25, 0.3) is 0 Å². The number of hydrogen-bond acceptors (Lipinski definition) is 5. The van der Waals surface area contributed by atoms with Crippen LogP contribution in [0, 0.1) is 11.8 Å². The first kappa shape index (κ1) is 22.8. The number of fused-ring (bicyclic) bond motifs is 4. The number of carboxylic acid groups (broad SMARTS) is 1. The largest absolute Gasteiger partial charge is 0.493 e. The van der Waals surface area contributed by atoms with Crippen LogP contribution in [0.5, 0.6) is 11.6 Å². The van der Waals surface area contributed by atoms with Crippen LogP contribution in [-0.4, -0.2) is 27.8 Å². The van der Waals surface area contributed by atoms with Gasteiger partial charge in [-0.25, -0.2) is 4.98 Å². The molecule has 4 atom stereocenters. The van der Waals surface area contributed by atoms with Crippen molar-refractivity contribution in [3.63, 3.8) is 0 Å². The maximum absolute atomic E-state index is 13.7. The van der Waals surface area contributed by atoms with Gasteiger partial charge in [-0.15, -0.1) is 0 Å². The minimum absolute atomic E-state index is 0.0244. The van der Waals surface area contributed by atoms with E-state index >= 15 is 0 Å². The Morgan fingerprint density at radius 2 is 1.97 bits per heavy atom. The van der Waals surface area contributed by atoms with Crippen molar-refractivity contribution >= 4 is 5.97 Å². The standard InChI is InChI=1S/C27H22F3NO5/c28-27(29,30)19-4-2-1-3-18(19)26(34)7-8-35-21-6-5-14(9-20(21)26)13-36-22-11-15-10-16-23(17(15)12-31-22)24(16)25(32)33/h1-6,9,11-12,16,23-24,34H,7-8,10,13H2,(H,32,33)/t16-,23-,24?,26?/m1/s1. The van der Waals surface area contributed by atoms with Gasteiger partial charge in [0.25, 0.3) is 0 Å². The Labute approximate surface area is 204 Å². The molecule has 2 aliphatic carbocycles. The van der Waals surface area contributed by atoms with Gasteiger partial charge in [0, 0.05) is 35.7 Å². The molecule has 1 aliphatic heterocycles. The Balaban J connectivity index is 1.25. The van der Waals surface area contributed by atoms with Crippen LogP contribution in [-0.2, 0) is 29.6 Å². The third kappa shape index (κ3) is 3.61. The van der Waals surface area contributed by atoms with E-state index < -0.39 is 23.3 Å². The van der Waals surface area contributed by atoms with Crippen LogP contribution in [0.2, 0.25) is 0 Å². The van der Waals surface area contributed by atoms with Crippen LogP contribution in [0.3, 0.4) is 0 Å². The van der Waals surface area contributed by atoms with Crippen molar-refractivity contribution in [3.05, 3.63) is 88.1 Å². The first-order chi connectivity index (χ1) is 17.2. The molecule has 3 aromatic rings. The number of halogens is 3. The molecule has 36 heavy (non-hydrogen) atoms. The minimum Gasteiger partial charge on any atom is -0.493 e. The first-order valence-electron chi connectivity index (χ1n) is 11.7. The number of aromatic nitrogens is 1. The van der Waals surface area contributed by atoms with Gasteiger partial charge in [-0.05, 0) is 47.2 Å². The highest BCUT2D eigenvalue weighted by molar-refractivity contribution is 5.77. The topological polar surface area (TPSA) is 88.9 Å². The molecule has 1 fully saturated rings. The zero-order valence-corrected chi connectivity index (χ0v) is 19.0. The zero-order chi connectivity index (χ0) is 25.2. The van der Waals surface area contributed by atoms with Crippen LogP contribution < -0.4 is 9.47 Å². The summed E-state index contributed by atoms with van der Waals surface area (Å²) in [6, 6.07) is 11.8. The molecule has 9 heteroatoms. The van der Waals surface area contributed by atoms with E-state index in [0.29, 0.717) is 23.6 Å². The van der Waals surface area contributed by atoms with E-state index in [4.69, 9.17) is 9.47 Å². The third-order valence-electron chi connectivity index (χ3n) is 7.54. The van der Waals surface area contributed by atoms with E-state index in [-0.39, 0.29) is 48.5 Å². The molecule has 0 saturated heterocycles. The van der Waals surface area contributed by atoms with E-state index in [1.807, 2.05) is 6.07 Å². The van der Waals surface area contributed by atoms with Crippen molar-refractivity contribution in [1.29, 1.82) is 0 Å². The molecule has 0 amide bonds. The zero-order valence-electron chi connectivity index (χ0n) is 19.0. The molecule has 2 heterocycles. The number of alkyl halides is 3. The maximum atomic E-state index is 13.7. The number of ether oxygens (including phenoxy) is 2. The lowest BCUT2D eigenvalue weighted by atomic mass is 9.79. The predicted molar refractivity (Wildman–Crippen MR) is 121 cm³/mol. The van der Waals surface area contributed by atoms with Crippen LogP contribution in [0.1, 0.15) is 45.7 Å². The second-order valence-electron chi connectivity index (χ2n) is 9.60. The van der Waals surface area contributed by atoms with Gasteiger partial charge in [-0.1, -0.05) is 24.3 Å². The Hall–Kier alpha value is -3.59. The Kier molecular flexibility index (Phi) is 5.05. The maximum Gasteiger partial charge on any atom is 0.416 e. The molecule has 1 saturated carbocycles. The van der Waals surface area contributed by atoms with Gasteiger partial charge in [0.15, 0.2) is 0 Å². The second-order valence-corrected chi connectivity index (χ2v) is 9.60. The summed E-state index contributed by atoms with van der Waals surface area (Å²) in [4.78, 5) is 15.6. The molecule has 2 aromatic carbocycles. The van der Waals surface area contributed by atoms with E-state index in [9.17, 15) is 28.2 Å². The number of rotatable bonds is 5. The van der Waals surface area contributed by atoms with Gasteiger partial charge in [-0.2, -0.15) is 13.2 Å². The Bertz CT molecular complexity index is 1370. The lowest BCUT2D eigenvalue weighted by Crippen LogP contribution is -2.36. The lowest BCUT2D eigenvalue weighted by Gasteiger charge is -2.36. The summed E-state index contributed by atoms with van der Waals surface area (Å²) in [5, 5.41) is 20.8. The van der Waals surface area contributed by atoms with Crippen molar-refractivity contribution in [2.45, 2.75) is 37.1 Å². The van der Waals surface area contributed by atoms with E-state index in [1.54, 1.807) is 24.4 Å². The highest BCUT2D eigenvalue weighted by atomic mass is 19.4. The summed E-state index contributed by atoms with van der Waals surface area (Å²) >= 11 is 0. The van der Waals surface area contributed by atoms with Gasteiger partial charge >= 0.3 is 12.1 Å². The quantitative estimate of drug-likeness (QED) is 0.533. The minimum atomic E-state index is -4.62. The van der Waals surface area contributed by atoms with Crippen molar-refractivity contribution in [3.8, 4) is 11.6 Å². The Morgan fingerprint density at radius 1 is 1.17 bits per heavy atom. The van der Waals surface area contributed by atoms with Gasteiger partial charge in [0.2, 0.25) is 5.88 Å². The molecule has 186 valence electrons. The second kappa shape index (κ2) is 7.96. The fourth-order valence-electron chi connectivity index (χ4n) is 5.77. The number of carbonyl (C=O) groups is 1. The van der Waals surface area contributed by atoms with Gasteiger partial charge in [-0.3, -0.25) is 4.79 Å². The molecule has 2 N–H and O–H groups in total. The fraction of sp³-hybridized carbons (Fsp3) is 0.333. The van der Waals surface area contributed by atoms with Crippen LogP contribution in [0.15, 0.2) is 54.7 Å². The average Bonchev–Trinajstić information content (AvgIpc) is 3.45. The lowest BCUT2D eigenvalue weighted by molar-refractivity contribution is -0.140. The number of hydrogen-bond donors (Lipinski definition) is 2. The summed E-state index contributed by atoms with van der Waals surface area (Å²) in [5.74, 6) is -0.250. The molecule has 0 bridgehead atoms. The van der Waals surface area contributed by atoms with Gasteiger partial charge in [0.05, 0.1) is 18.1 Å². The number of aliphatic hydroxyl groups is 1. The van der Waals surface area contributed by atoms with Crippen LogP contribution in [0.4, 0.5) is 13.2 Å². The van der Waals surface area contributed by atoms with Crippen molar-refractivity contribution < 1.29 is 37.7 Å². The summed E-state index contributed by atoms with van der Waals surface area (Å²) < 4.78 is 52.7. The number of nitrogens with zero attached hydrogens (tertiary/aromatic N) is 1. The number of benzene rings is 2. The molecule has 3 aliphatic rings. The summed E-state index contributed by atoms with van der Waals surface area (Å²) in [6.45, 7) is 0.163. The van der Waals surface area contributed by atoms with Crippen molar-refractivity contribution in [2.24, 2.45) is 11.8 Å². The Morgan fingerprint density at radius 3 is 2.75 bits per heavy atom. The summed E-state index contributed by atoms with van der Waals surface area (Å²) in [5.41, 5.74) is -0.0790. The molecule has 0 spiro atoms. The van der Waals surface area contributed by atoms with Crippen molar-refractivity contribution in [1.82, 2.24) is 4.98 Å². The smallest absolute Gasteiger partial charge is 0.416 e. The normalized spacial score (nSPS) is 25.8. The fourth-order valence-corrected chi connectivity index (χ4v) is 5.77. The van der Waals surface area contributed by atoms with Crippen molar-refractivity contribution in [2.75, 3.05) is 6.61 Å². The molecule has 1 aromatic heterocycles. The molecule has 0 radical (unpaired) electrons. The number of pyridine rings is 1. The summed E-state index contributed by atoms with van der Waals surface area (Å²) in [6.07, 6.45) is -2.29. The SMILES string of the molecule is O=C(O)C1[C@H]2c3cnc(OCc4ccc5c(c4)C(O)(c4ccccc4C(F)(F)F)CCO5)cc3C[C@@H]12. The molecule has 6 nitrogen and oxygen atoms in total. The van der Waals surface area contributed by atoms with Crippen LogP contribution >= 0.6 is 0 Å². The predicted octanol–water partition coefficient (Wildman–Crippen LogP) is 4.67. The highest BCUT2D eigenvalue weighted by Gasteiger charge is 2.60. The molecular weight excluding hydrogens is 475 g/mol. The third-order valence-corrected chi connectivity index (χ3v) is 7.54. The van der Waals surface area contributed by atoms with E-state index in [1.165, 1.54) is 18.2 Å². The van der Waals surface area contributed by atoms with E-state index in [0.717, 1.165) is 17.2 Å². The summed E-state index contributed by atoms with van der Waals surface area (Å²) in [7, 11) is 0. The van der Waals surface area contributed by atoms with Gasteiger partial charge in [0.1, 0.15) is 18.0 Å². The van der Waals surface area contributed by atoms with E-state index in [2.05, 4.69) is 4.98 Å². The number of carboxylic acids is 1. The molecular formula is C27H22F3NO5. The molecule has 2 unspecified atom stereocenters.